The molecule has 3 N–H and O–H groups in total. The van der Waals surface area contributed by atoms with E-state index in [9.17, 15) is 18.0 Å². The summed E-state index contributed by atoms with van der Waals surface area (Å²) in [5.74, 6) is -1.24. The highest BCUT2D eigenvalue weighted by atomic mass is 35.5. The molecule has 19 heavy (non-hydrogen) atoms. The van der Waals surface area contributed by atoms with Gasteiger partial charge in [-0.3, -0.25) is 4.72 Å². The molecule has 10 heteroatoms. The summed E-state index contributed by atoms with van der Waals surface area (Å²) in [5.41, 5.74) is -0.183. The van der Waals surface area contributed by atoms with Gasteiger partial charge in [-0.1, -0.05) is 11.6 Å². The molecular formula is C9H9ClN2O6S. The van der Waals surface area contributed by atoms with Crippen LogP contribution in [0.2, 0.25) is 5.02 Å². The number of carboxylic acid groups (broad SMARTS) is 1. The van der Waals surface area contributed by atoms with Crippen LogP contribution < -0.4 is 9.44 Å². The summed E-state index contributed by atoms with van der Waals surface area (Å²) in [6, 6.07) is 3.41. The average Bonchev–Trinajstić information content (AvgIpc) is 2.26. The molecule has 0 bridgehead atoms. The van der Waals surface area contributed by atoms with Gasteiger partial charge in [0.2, 0.25) is 0 Å². The fraction of sp³-hybridized carbons (Fsp3) is 0.111. The third-order valence-corrected chi connectivity index (χ3v) is 3.11. The van der Waals surface area contributed by atoms with Gasteiger partial charge < -0.3 is 9.84 Å². The Bertz CT molecular complexity index is 615. The minimum Gasteiger partial charge on any atom is -0.478 e. The summed E-state index contributed by atoms with van der Waals surface area (Å²) in [6.07, 6.45) is -1.17. The smallest absolute Gasteiger partial charge is 0.422 e. The first-order valence-electron chi connectivity index (χ1n) is 4.66. The lowest BCUT2D eigenvalue weighted by Gasteiger charge is -2.09. The minimum absolute atomic E-state index is 0.00796. The Morgan fingerprint density at radius 2 is 2.00 bits per heavy atom. The molecule has 0 spiro atoms. The van der Waals surface area contributed by atoms with Crippen molar-refractivity contribution in [3.63, 3.8) is 0 Å². The molecule has 0 saturated carbocycles. The van der Waals surface area contributed by atoms with Crippen molar-refractivity contribution >= 4 is 39.6 Å². The highest BCUT2D eigenvalue weighted by Gasteiger charge is 2.16. The Labute approximate surface area is 113 Å². The zero-order valence-corrected chi connectivity index (χ0v) is 11.1. The number of anilines is 1. The van der Waals surface area contributed by atoms with E-state index in [1.54, 1.807) is 4.72 Å². The number of hydrogen-bond donors (Lipinski definition) is 3. The van der Waals surface area contributed by atoms with Gasteiger partial charge in [0, 0.05) is 0 Å². The number of hydrogen-bond acceptors (Lipinski definition) is 5. The van der Waals surface area contributed by atoms with E-state index < -0.39 is 22.3 Å². The first-order chi connectivity index (χ1) is 8.75. The van der Waals surface area contributed by atoms with Gasteiger partial charge >= 0.3 is 22.3 Å². The molecule has 8 nitrogen and oxygen atoms in total. The number of rotatable bonds is 4. The number of halogens is 1. The lowest BCUT2D eigenvalue weighted by Crippen LogP contribution is -2.35. The number of aromatic carboxylic acids is 1. The van der Waals surface area contributed by atoms with E-state index in [4.69, 9.17) is 16.7 Å². The van der Waals surface area contributed by atoms with Crippen LogP contribution in [-0.4, -0.2) is 32.7 Å². The standard InChI is InChI=1S/C9H9ClN2O6S/c1-18-9(15)12-19(16,17)11-5-2-3-6(8(13)14)7(10)4-5/h2-4,11H,1H3,(H,12,15)(H,13,14). The predicted molar refractivity (Wildman–Crippen MR) is 66.5 cm³/mol. The van der Waals surface area contributed by atoms with Crippen LogP contribution in [-0.2, 0) is 14.9 Å². The molecule has 1 amide bonds. The largest absolute Gasteiger partial charge is 0.478 e. The highest BCUT2D eigenvalue weighted by molar-refractivity contribution is 7.91. The summed E-state index contributed by atoms with van der Waals surface area (Å²) in [5, 5.41) is 8.60. The van der Waals surface area contributed by atoms with Crippen LogP contribution >= 0.6 is 11.6 Å². The zero-order valence-electron chi connectivity index (χ0n) is 9.51. The van der Waals surface area contributed by atoms with Gasteiger partial charge in [0.05, 0.1) is 23.4 Å². The predicted octanol–water partition coefficient (Wildman–Crippen LogP) is 1.05. The highest BCUT2D eigenvalue weighted by Crippen LogP contribution is 2.21. The molecule has 104 valence electrons. The van der Waals surface area contributed by atoms with Gasteiger partial charge in [-0.25, -0.2) is 14.3 Å². The van der Waals surface area contributed by atoms with E-state index in [-0.39, 0.29) is 16.3 Å². The van der Waals surface area contributed by atoms with Crippen LogP contribution in [0.3, 0.4) is 0 Å². The quantitative estimate of drug-likeness (QED) is 0.764. The fourth-order valence-corrected chi connectivity index (χ4v) is 2.14. The molecule has 0 fully saturated rings. The van der Waals surface area contributed by atoms with Gasteiger partial charge in [-0.05, 0) is 18.2 Å². The van der Waals surface area contributed by atoms with Gasteiger partial charge in [0.15, 0.2) is 0 Å². The second kappa shape index (κ2) is 5.76. The van der Waals surface area contributed by atoms with Crippen LogP contribution in [0, 0.1) is 0 Å². The normalized spacial score (nSPS) is 10.6. The van der Waals surface area contributed by atoms with Crippen molar-refractivity contribution in [3.8, 4) is 0 Å². The molecule has 0 unspecified atom stereocenters. The summed E-state index contributed by atoms with van der Waals surface area (Å²) in [7, 11) is -3.17. The Balaban J connectivity index is 2.92. The Morgan fingerprint density at radius 3 is 2.47 bits per heavy atom. The van der Waals surface area contributed by atoms with Gasteiger partial charge in [-0.15, -0.1) is 0 Å². The van der Waals surface area contributed by atoms with Crippen LogP contribution in [0.25, 0.3) is 0 Å². The van der Waals surface area contributed by atoms with E-state index in [1.165, 1.54) is 6.07 Å². The zero-order chi connectivity index (χ0) is 14.6. The number of amides is 1. The first kappa shape index (κ1) is 15.1. The van der Waals surface area contributed by atoms with Crippen LogP contribution in [0.1, 0.15) is 10.4 Å². The number of carbonyl (C=O) groups is 2. The fourth-order valence-electron chi connectivity index (χ4n) is 1.08. The lowest BCUT2D eigenvalue weighted by molar-refractivity contribution is 0.0697. The van der Waals surface area contributed by atoms with E-state index in [0.717, 1.165) is 19.2 Å². The minimum atomic E-state index is -4.18. The maximum Gasteiger partial charge on any atom is 0.422 e. The lowest BCUT2D eigenvalue weighted by atomic mass is 10.2. The Hall–Kier alpha value is -2.00. The van der Waals surface area contributed by atoms with Gasteiger partial charge in [0.1, 0.15) is 0 Å². The molecule has 0 saturated heterocycles. The van der Waals surface area contributed by atoms with Crippen molar-refractivity contribution in [2.24, 2.45) is 0 Å². The van der Waals surface area contributed by atoms with Crippen molar-refractivity contribution in [1.82, 2.24) is 4.72 Å². The van der Waals surface area contributed by atoms with Crippen molar-refractivity contribution in [2.45, 2.75) is 0 Å². The number of nitrogens with one attached hydrogen (secondary N) is 2. The molecule has 1 aromatic carbocycles. The number of carboxylic acids is 1. The van der Waals surface area contributed by atoms with Crippen molar-refractivity contribution in [3.05, 3.63) is 28.8 Å². The molecule has 0 radical (unpaired) electrons. The van der Waals surface area contributed by atoms with Crippen LogP contribution in [0.15, 0.2) is 18.2 Å². The summed E-state index contributed by atoms with van der Waals surface area (Å²) < 4.78 is 30.5. The molecular weight excluding hydrogens is 300 g/mol. The molecule has 1 aromatic rings. The number of carbonyl (C=O) groups excluding carboxylic acids is 1. The summed E-state index contributed by atoms with van der Waals surface area (Å²) in [4.78, 5) is 21.5. The first-order valence-corrected chi connectivity index (χ1v) is 6.52. The molecule has 0 aliphatic rings. The second-order valence-corrected chi connectivity index (χ2v) is 5.02. The molecule has 0 aromatic heterocycles. The number of methoxy groups -OCH3 is 1. The summed E-state index contributed by atoms with van der Waals surface area (Å²) >= 11 is 5.66. The second-order valence-electron chi connectivity index (χ2n) is 3.20. The molecule has 0 atom stereocenters. The number of ether oxygens (including phenoxy) is 1. The van der Waals surface area contributed by atoms with Gasteiger partial charge in [-0.2, -0.15) is 8.42 Å². The summed E-state index contributed by atoms with van der Waals surface area (Å²) in [6.45, 7) is 0. The van der Waals surface area contributed by atoms with Gasteiger partial charge in [0.25, 0.3) is 0 Å². The van der Waals surface area contributed by atoms with Crippen LogP contribution in [0.4, 0.5) is 10.5 Å². The Morgan fingerprint density at radius 1 is 1.37 bits per heavy atom. The monoisotopic (exact) mass is 308 g/mol. The topological polar surface area (TPSA) is 122 Å². The molecule has 0 aliphatic carbocycles. The maximum absolute atomic E-state index is 11.4. The SMILES string of the molecule is COC(=O)NS(=O)(=O)Nc1ccc(C(=O)O)c(Cl)c1. The van der Waals surface area contributed by atoms with Crippen molar-refractivity contribution in [1.29, 1.82) is 0 Å². The van der Waals surface area contributed by atoms with Crippen molar-refractivity contribution < 1.29 is 27.9 Å². The Kier molecular flexibility index (Phi) is 4.57. The van der Waals surface area contributed by atoms with E-state index in [2.05, 4.69) is 4.74 Å². The van der Waals surface area contributed by atoms with E-state index >= 15 is 0 Å². The van der Waals surface area contributed by atoms with Crippen molar-refractivity contribution in [2.75, 3.05) is 11.8 Å². The average molecular weight is 309 g/mol. The third kappa shape index (κ3) is 4.30. The van der Waals surface area contributed by atoms with E-state index in [0.29, 0.717) is 0 Å². The third-order valence-electron chi connectivity index (χ3n) is 1.85. The number of benzene rings is 1. The molecule has 0 heterocycles. The van der Waals surface area contributed by atoms with E-state index in [1.807, 2.05) is 4.72 Å². The molecule has 1 rings (SSSR count). The van der Waals surface area contributed by atoms with Crippen LogP contribution in [0.5, 0.6) is 0 Å². The molecule has 0 aliphatic heterocycles. The maximum atomic E-state index is 11.4.